The fourth-order valence-electron chi connectivity index (χ4n) is 3.67. The molecular weight excluding hydrogens is 437 g/mol. The van der Waals surface area contributed by atoms with Crippen LogP contribution in [0.1, 0.15) is 11.1 Å². The van der Waals surface area contributed by atoms with Crippen molar-refractivity contribution >= 4 is 27.3 Å². The van der Waals surface area contributed by atoms with Gasteiger partial charge < -0.3 is 5.32 Å². The van der Waals surface area contributed by atoms with E-state index >= 15 is 0 Å². The molecule has 0 bridgehead atoms. The van der Waals surface area contributed by atoms with E-state index in [0.29, 0.717) is 0 Å². The van der Waals surface area contributed by atoms with Crippen molar-refractivity contribution < 1.29 is 22.5 Å². The molecule has 0 radical (unpaired) electrons. The number of nitro benzene ring substituents is 1. The van der Waals surface area contributed by atoms with E-state index in [4.69, 9.17) is 0 Å². The average Bonchev–Trinajstić information content (AvgIpc) is 2.78. The lowest BCUT2D eigenvalue weighted by Gasteiger charge is -2.35. The fourth-order valence-corrected chi connectivity index (χ4v) is 5.24. The summed E-state index contributed by atoms with van der Waals surface area (Å²) in [5.41, 5.74) is 1.22. The smallest absolute Gasteiger partial charge is 0.292 e. The van der Waals surface area contributed by atoms with E-state index in [-0.39, 0.29) is 29.2 Å². The number of hydrogen-bond acceptors (Lipinski definition) is 5. The Hall–Kier alpha value is -3.63. The molecule has 32 heavy (non-hydrogen) atoms. The SMILES string of the molecule is O=C(Nc1ccccc1[N+](=O)[O-])C1Cc2ccccc2CN1S(=O)(=O)c1ccc(F)cc1. The van der Waals surface area contributed by atoms with Gasteiger partial charge in [0.05, 0.1) is 9.82 Å². The van der Waals surface area contributed by atoms with Gasteiger partial charge in [0.1, 0.15) is 17.5 Å². The zero-order valence-corrected chi connectivity index (χ0v) is 17.5. The molecular formula is C22H18FN3O5S. The Bertz CT molecular complexity index is 1290. The minimum absolute atomic E-state index is 0.0273. The predicted octanol–water partition coefficient (Wildman–Crippen LogP) is 3.49. The van der Waals surface area contributed by atoms with Crippen molar-refractivity contribution in [1.29, 1.82) is 0 Å². The number of anilines is 1. The van der Waals surface area contributed by atoms with Crippen LogP contribution in [0.5, 0.6) is 0 Å². The van der Waals surface area contributed by atoms with Crippen molar-refractivity contribution in [2.75, 3.05) is 5.32 Å². The minimum Gasteiger partial charge on any atom is -0.319 e. The molecule has 10 heteroatoms. The van der Waals surface area contributed by atoms with Crippen LogP contribution in [0.4, 0.5) is 15.8 Å². The molecule has 1 N–H and O–H groups in total. The highest BCUT2D eigenvalue weighted by Crippen LogP contribution is 2.31. The molecule has 0 aliphatic carbocycles. The molecule has 1 aliphatic rings. The van der Waals surface area contributed by atoms with Crippen LogP contribution in [-0.4, -0.2) is 29.6 Å². The van der Waals surface area contributed by atoms with Crippen molar-refractivity contribution in [1.82, 2.24) is 4.31 Å². The second-order valence-electron chi connectivity index (χ2n) is 7.26. The van der Waals surface area contributed by atoms with Crippen molar-refractivity contribution in [2.45, 2.75) is 23.9 Å². The van der Waals surface area contributed by atoms with Crippen LogP contribution in [0.3, 0.4) is 0 Å². The quantitative estimate of drug-likeness (QED) is 0.468. The average molecular weight is 455 g/mol. The van der Waals surface area contributed by atoms with Crippen LogP contribution < -0.4 is 5.32 Å². The summed E-state index contributed by atoms with van der Waals surface area (Å²) >= 11 is 0. The Kier molecular flexibility index (Phi) is 5.72. The molecule has 0 fully saturated rings. The molecule has 8 nitrogen and oxygen atoms in total. The first kappa shape index (κ1) is 21.6. The number of nitrogens with zero attached hydrogens (tertiary/aromatic N) is 2. The number of amides is 1. The number of nitro groups is 1. The van der Waals surface area contributed by atoms with Gasteiger partial charge in [0.2, 0.25) is 15.9 Å². The van der Waals surface area contributed by atoms with E-state index < -0.39 is 32.7 Å². The van der Waals surface area contributed by atoms with Crippen LogP contribution in [-0.2, 0) is 27.8 Å². The molecule has 1 atom stereocenters. The van der Waals surface area contributed by atoms with Gasteiger partial charge in [-0.1, -0.05) is 36.4 Å². The topological polar surface area (TPSA) is 110 Å². The van der Waals surface area contributed by atoms with E-state index in [1.54, 1.807) is 18.2 Å². The molecule has 0 saturated heterocycles. The van der Waals surface area contributed by atoms with Gasteiger partial charge in [-0.05, 0) is 47.9 Å². The van der Waals surface area contributed by atoms with E-state index in [2.05, 4.69) is 5.32 Å². The van der Waals surface area contributed by atoms with Gasteiger partial charge in [0.25, 0.3) is 5.69 Å². The largest absolute Gasteiger partial charge is 0.319 e. The molecule has 4 rings (SSSR count). The normalized spacial score (nSPS) is 16.2. The van der Waals surface area contributed by atoms with Gasteiger partial charge in [-0.15, -0.1) is 0 Å². The number of carbonyl (C=O) groups excluding carboxylic acids is 1. The maximum absolute atomic E-state index is 13.4. The van der Waals surface area contributed by atoms with Crippen molar-refractivity contribution in [3.63, 3.8) is 0 Å². The summed E-state index contributed by atoms with van der Waals surface area (Å²) < 4.78 is 41.1. The number of fused-ring (bicyclic) bond motifs is 1. The predicted molar refractivity (Wildman–Crippen MR) is 115 cm³/mol. The van der Waals surface area contributed by atoms with Crippen LogP contribution in [0.25, 0.3) is 0 Å². The minimum atomic E-state index is -4.16. The highest BCUT2D eigenvalue weighted by atomic mass is 32.2. The number of nitrogens with one attached hydrogen (secondary N) is 1. The maximum Gasteiger partial charge on any atom is 0.292 e. The van der Waals surface area contributed by atoms with E-state index in [1.807, 2.05) is 6.07 Å². The van der Waals surface area contributed by atoms with Crippen LogP contribution in [0.15, 0.2) is 77.7 Å². The number of benzene rings is 3. The molecule has 0 spiro atoms. The number of hydrogen-bond donors (Lipinski definition) is 1. The summed E-state index contributed by atoms with van der Waals surface area (Å²) in [7, 11) is -4.16. The number of rotatable bonds is 5. The van der Waals surface area contributed by atoms with Crippen LogP contribution in [0.2, 0.25) is 0 Å². The summed E-state index contributed by atoms with van der Waals surface area (Å²) in [6.45, 7) is -0.0646. The Morgan fingerprint density at radius 1 is 1.00 bits per heavy atom. The first-order valence-corrected chi connectivity index (χ1v) is 11.1. The number of para-hydroxylation sites is 2. The molecule has 3 aromatic carbocycles. The van der Waals surface area contributed by atoms with Gasteiger partial charge in [-0.2, -0.15) is 4.31 Å². The lowest BCUT2D eigenvalue weighted by Crippen LogP contribution is -2.50. The van der Waals surface area contributed by atoms with Gasteiger partial charge >= 0.3 is 0 Å². The van der Waals surface area contributed by atoms with Gasteiger partial charge in [-0.25, -0.2) is 12.8 Å². The molecule has 1 amide bonds. The number of carbonyl (C=O) groups is 1. The van der Waals surface area contributed by atoms with Crippen LogP contribution >= 0.6 is 0 Å². The summed E-state index contributed by atoms with van der Waals surface area (Å²) in [4.78, 5) is 23.7. The third-order valence-corrected chi connectivity index (χ3v) is 7.16. The molecule has 0 saturated carbocycles. The zero-order valence-electron chi connectivity index (χ0n) is 16.6. The second kappa shape index (κ2) is 8.48. The van der Waals surface area contributed by atoms with Crippen LogP contribution in [0, 0.1) is 15.9 Å². The highest BCUT2D eigenvalue weighted by Gasteiger charge is 2.40. The van der Waals surface area contributed by atoms with Gasteiger partial charge in [-0.3, -0.25) is 14.9 Å². The second-order valence-corrected chi connectivity index (χ2v) is 9.15. The molecule has 164 valence electrons. The first-order chi connectivity index (χ1) is 15.3. The Balaban J connectivity index is 1.73. The van der Waals surface area contributed by atoms with Crippen molar-refractivity contribution in [3.8, 4) is 0 Å². The zero-order chi connectivity index (χ0) is 22.9. The van der Waals surface area contributed by atoms with E-state index in [0.717, 1.165) is 39.7 Å². The molecule has 0 aromatic heterocycles. The monoisotopic (exact) mass is 455 g/mol. The third-order valence-electron chi connectivity index (χ3n) is 5.29. The fraction of sp³-hybridized carbons (Fsp3) is 0.136. The number of sulfonamides is 1. The number of halogens is 1. The lowest BCUT2D eigenvalue weighted by atomic mass is 9.95. The molecule has 3 aromatic rings. The summed E-state index contributed by atoms with van der Waals surface area (Å²) in [6, 6.07) is 16.0. The Morgan fingerprint density at radius 2 is 1.62 bits per heavy atom. The van der Waals surface area contributed by atoms with Crippen molar-refractivity contribution in [2.24, 2.45) is 0 Å². The van der Waals surface area contributed by atoms with E-state index in [1.165, 1.54) is 24.3 Å². The third kappa shape index (κ3) is 4.10. The highest BCUT2D eigenvalue weighted by molar-refractivity contribution is 7.89. The molecule has 1 heterocycles. The Morgan fingerprint density at radius 3 is 2.31 bits per heavy atom. The summed E-state index contributed by atoms with van der Waals surface area (Å²) in [6.07, 6.45) is 0.0864. The Labute approximate surface area is 183 Å². The first-order valence-electron chi connectivity index (χ1n) is 9.66. The van der Waals surface area contributed by atoms with Gasteiger partial charge in [0, 0.05) is 12.6 Å². The summed E-state index contributed by atoms with van der Waals surface area (Å²) in [5, 5.41) is 13.8. The summed E-state index contributed by atoms with van der Waals surface area (Å²) in [5.74, 6) is -1.28. The lowest BCUT2D eigenvalue weighted by molar-refractivity contribution is -0.383. The van der Waals surface area contributed by atoms with E-state index in [9.17, 15) is 27.7 Å². The molecule has 1 unspecified atom stereocenters. The maximum atomic E-state index is 13.4. The molecule has 1 aliphatic heterocycles. The van der Waals surface area contributed by atoms with Crippen molar-refractivity contribution in [3.05, 3.63) is 99.9 Å². The van der Waals surface area contributed by atoms with Gasteiger partial charge in [0.15, 0.2) is 0 Å². The standard InChI is InChI=1S/C22H18FN3O5S/c23-17-9-11-18(12-10-17)32(30,31)25-14-16-6-2-1-5-15(16)13-21(25)22(27)24-19-7-3-4-8-20(19)26(28)29/h1-12,21H,13-14H2,(H,24,27).